The second-order valence-corrected chi connectivity index (χ2v) is 6.04. The quantitative estimate of drug-likeness (QED) is 0.927. The molecule has 1 aliphatic rings. The van der Waals surface area contributed by atoms with Crippen LogP contribution in [0.15, 0.2) is 17.5 Å². The van der Waals surface area contributed by atoms with Gasteiger partial charge in [0.05, 0.1) is 5.92 Å². The summed E-state index contributed by atoms with van der Waals surface area (Å²) in [7, 11) is 2.00. The summed E-state index contributed by atoms with van der Waals surface area (Å²) in [6, 6.07) is 4.07. The van der Waals surface area contributed by atoms with Gasteiger partial charge in [-0.25, -0.2) is 0 Å². The average molecular weight is 303 g/mol. The van der Waals surface area contributed by atoms with Crippen molar-refractivity contribution >= 4 is 29.7 Å². The number of nitrogens with one attached hydrogen (secondary N) is 1. The molecule has 0 aromatic carbocycles. The number of hydrogen-bond acceptors (Lipinski definition) is 3. The molecule has 1 N–H and O–H groups in total. The van der Waals surface area contributed by atoms with Gasteiger partial charge in [-0.3, -0.25) is 4.79 Å². The third-order valence-corrected chi connectivity index (χ3v) is 4.81. The van der Waals surface area contributed by atoms with Crippen molar-refractivity contribution in [2.45, 2.75) is 25.7 Å². The van der Waals surface area contributed by atoms with Gasteiger partial charge in [0.1, 0.15) is 0 Å². The lowest BCUT2D eigenvalue weighted by Crippen LogP contribution is -2.42. The maximum Gasteiger partial charge on any atom is 0.230 e. The summed E-state index contributed by atoms with van der Waals surface area (Å²) in [6.45, 7) is 4.93. The Morgan fingerprint density at radius 3 is 2.74 bits per heavy atom. The van der Waals surface area contributed by atoms with Gasteiger partial charge in [0.2, 0.25) is 5.91 Å². The van der Waals surface area contributed by atoms with Gasteiger partial charge in [-0.2, -0.15) is 0 Å². The summed E-state index contributed by atoms with van der Waals surface area (Å²) in [5.74, 6) is 1.04. The van der Waals surface area contributed by atoms with E-state index < -0.39 is 0 Å². The molecular weight excluding hydrogens is 280 g/mol. The highest BCUT2D eigenvalue weighted by Gasteiger charge is 2.26. The lowest BCUT2D eigenvalue weighted by molar-refractivity contribution is -0.133. The fraction of sp³-hybridized carbons (Fsp3) is 0.643. The van der Waals surface area contributed by atoms with Crippen LogP contribution >= 0.6 is 23.7 Å². The average Bonchev–Trinajstić information content (AvgIpc) is 2.92. The van der Waals surface area contributed by atoms with Gasteiger partial charge in [-0.05, 0) is 50.7 Å². The van der Waals surface area contributed by atoms with Crippen molar-refractivity contribution in [3.05, 3.63) is 22.4 Å². The molecule has 0 bridgehead atoms. The molecule has 19 heavy (non-hydrogen) atoms. The van der Waals surface area contributed by atoms with Crippen LogP contribution in [0.4, 0.5) is 0 Å². The van der Waals surface area contributed by atoms with Crippen LogP contribution in [0.3, 0.4) is 0 Å². The third-order valence-electron chi connectivity index (χ3n) is 3.76. The van der Waals surface area contributed by atoms with E-state index in [1.807, 2.05) is 30.3 Å². The van der Waals surface area contributed by atoms with Crippen molar-refractivity contribution in [3.63, 3.8) is 0 Å². The van der Waals surface area contributed by atoms with E-state index in [1.54, 1.807) is 11.3 Å². The minimum atomic E-state index is 0. The molecule has 2 heterocycles. The number of rotatable bonds is 4. The first-order valence-corrected chi connectivity index (χ1v) is 7.57. The van der Waals surface area contributed by atoms with Crippen LogP contribution in [-0.4, -0.2) is 37.5 Å². The highest BCUT2D eigenvalue weighted by atomic mass is 35.5. The number of thiophene rings is 1. The van der Waals surface area contributed by atoms with Crippen LogP contribution in [0.1, 0.15) is 30.6 Å². The number of nitrogens with zero attached hydrogens (tertiary/aromatic N) is 1. The van der Waals surface area contributed by atoms with Gasteiger partial charge >= 0.3 is 0 Å². The number of carbonyl (C=O) groups excluding carboxylic acids is 1. The monoisotopic (exact) mass is 302 g/mol. The minimum Gasteiger partial charge on any atom is -0.342 e. The van der Waals surface area contributed by atoms with E-state index in [9.17, 15) is 4.79 Å². The van der Waals surface area contributed by atoms with Gasteiger partial charge in [0, 0.05) is 18.0 Å². The highest BCUT2D eigenvalue weighted by Crippen LogP contribution is 2.25. The minimum absolute atomic E-state index is 0. The van der Waals surface area contributed by atoms with Crippen molar-refractivity contribution < 1.29 is 4.79 Å². The standard InChI is InChI=1S/C14H22N2OS.ClH/c1-11(13-4-3-9-18-13)14(17)16-7-5-12(6-8-16)10-15-2;/h3-4,9,11-12,15H,5-8,10H2,1-2H3;1H. The zero-order valence-electron chi connectivity index (χ0n) is 11.6. The first kappa shape index (κ1) is 16.5. The van der Waals surface area contributed by atoms with Gasteiger partial charge in [0.25, 0.3) is 0 Å². The second-order valence-electron chi connectivity index (χ2n) is 5.06. The van der Waals surface area contributed by atoms with Crippen molar-refractivity contribution in [1.29, 1.82) is 0 Å². The largest absolute Gasteiger partial charge is 0.342 e. The Morgan fingerprint density at radius 2 is 2.21 bits per heavy atom. The fourth-order valence-electron chi connectivity index (χ4n) is 2.58. The lowest BCUT2D eigenvalue weighted by atomic mass is 9.95. The maximum atomic E-state index is 12.4. The Labute approximate surface area is 125 Å². The Kier molecular flexibility index (Phi) is 6.83. The van der Waals surface area contributed by atoms with Crippen LogP contribution in [0.25, 0.3) is 0 Å². The molecule has 1 unspecified atom stereocenters. The molecule has 1 atom stereocenters. The molecule has 1 aromatic rings. The molecule has 0 saturated carbocycles. The Morgan fingerprint density at radius 1 is 1.53 bits per heavy atom. The first-order chi connectivity index (χ1) is 8.72. The molecule has 1 aliphatic heterocycles. The predicted octanol–water partition coefficient (Wildman–Crippen LogP) is 2.73. The number of piperidine rings is 1. The highest BCUT2D eigenvalue weighted by molar-refractivity contribution is 7.10. The van der Waals surface area contributed by atoms with Crippen LogP contribution < -0.4 is 5.32 Å². The molecule has 1 saturated heterocycles. The SMILES string of the molecule is CNCC1CCN(C(=O)C(C)c2cccs2)CC1.Cl. The summed E-state index contributed by atoms with van der Waals surface area (Å²) in [6.07, 6.45) is 2.26. The number of halogens is 1. The van der Waals surface area contributed by atoms with E-state index in [0.717, 1.165) is 38.4 Å². The number of hydrogen-bond donors (Lipinski definition) is 1. The molecule has 0 aliphatic carbocycles. The molecule has 2 rings (SSSR count). The molecule has 0 spiro atoms. The van der Waals surface area contributed by atoms with Gasteiger partial charge in [-0.1, -0.05) is 6.07 Å². The zero-order chi connectivity index (χ0) is 13.0. The Hall–Kier alpha value is -0.580. The molecule has 1 aromatic heterocycles. The van der Waals surface area contributed by atoms with Crippen molar-refractivity contribution in [2.75, 3.05) is 26.7 Å². The number of amides is 1. The zero-order valence-corrected chi connectivity index (χ0v) is 13.2. The van der Waals surface area contributed by atoms with Gasteiger partial charge < -0.3 is 10.2 Å². The first-order valence-electron chi connectivity index (χ1n) is 6.69. The van der Waals surface area contributed by atoms with Crippen LogP contribution in [0.5, 0.6) is 0 Å². The lowest BCUT2D eigenvalue weighted by Gasteiger charge is -2.33. The van der Waals surface area contributed by atoms with E-state index in [-0.39, 0.29) is 18.3 Å². The molecule has 0 radical (unpaired) electrons. The number of carbonyl (C=O) groups is 1. The van der Waals surface area contributed by atoms with Crippen LogP contribution in [0, 0.1) is 5.92 Å². The van der Waals surface area contributed by atoms with Crippen molar-refractivity contribution in [2.24, 2.45) is 5.92 Å². The third kappa shape index (κ3) is 4.20. The van der Waals surface area contributed by atoms with E-state index >= 15 is 0 Å². The molecule has 5 heteroatoms. The van der Waals surface area contributed by atoms with Crippen molar-refractivity contribution in [1.82, 2.24) is 10.2 Å². The molecule has 1 amide bonds. The van der Waals surface area contributed by atoms with Gasteiger partial charge in [0.15, 0.2) is 0 Å². The number of likely N-dealkylation sites (tertiary alicyclic amines) is 1. The normalized spacial score (nSPS) is 17.9. The second kappa shape index (κ2) is 7.88. The summed E-state index contributed by atoms with van der Waals surface area (Å²) in [4.78, 5) is 15.6. The predicted molar refractivity (Wildman–Crippen MR) is 83.2 cm³/mol. The summed E-state index contributed by atoms with van der Waals surface area (Å²) >= 11 is 1.67. The molecule has 1 fully saturated rings. The van der Waals surface area contributed by atoms with Crippen molar-refractivity contribution in [3.8, 4) is 0 Å². The Balaban J connectivity index is 0.00000180. The van der Waals surface area contributed by atoms with Crippen LogP contribution in [0.2, 0.25) is 0 Å². The molecule has 3 nitrogen and oxygen atoms in total. The van der Waals surface area contributed by atoms with Crippen LogP contribution in [-0.2, 0) is 4.79 Å². The maximum absolute atomic E-state index is 12.4. The van der Waals surface area contributed by atoms with E-state index in [0.29, 0.717) is 5.91 Å². The van der Waals surface area contributed by atoms with E-state index in [4.69, 9.17) is 0 Å². The van der Waals surface area contributed by atoms with Gasteiger partial charge in [-0.15, -0.1) is 23.7 Å². The molecule has 108 valence electrons. The topological polar surface area (TPSA) is 32.3 Å². The summed E-state index contributed by atoms with van der Waals surface area (Å²) in [5.41, 5.74) is 0. The summed E-state index contributed by atoms with van der Waals surface area (Å²) < 4.78 is 0. The van der Waals surface area contributed by atoms with E-state index in [2.05, 4.69) is 11.4 Å². The molecular formula is C14H23ClN2OS. The Bertz CT molecular complexity index is 375. The summed E-state index contributed by atoms with van der Waals surface area (Å²) in [5, 5.41) is 5.26. The smallest absolute Gasteiger partial charge is 0.230 e. The van der Waals surface area contributed by atoms with E-state index in [1.165, 1.54) is 4.88 Å². The fourth-order valence-corrected chi connectivity index (χ4v) is 3.36.